The highest BCUT2D eigenvalue weighted by Gasteiger charge is 2.25. The standard InChI is InChI=1S/C24H36N2O3/c1-3-4-5-10-18-15-21(27)22(19-11-8-9-17(2)14-19)23(28)20(18)16-25-24(29)26-12-6-7-13-26/h14-15,19,27-28H,3-13,16H2,1-2H3,(H,25,29). The van der Waals surface area contributed by atoms with Crippen LogP contribution in [0.2, 0.25) is 0 Å². The Kier molecular flexibility index (Phi) is 7.45. The Hall–Kier alpha value is -2.17. The lowest BCUT2D eigenvalue weighted by Gasteiger charge is -2.25. The van der Waals surface area contributed by atoms with Crippen LogP contribution in [0.25, 0.3) is 0 Å². The summed E-state index contributed by atoms with van der Waals surface area (Å²) < 4.78 is 0. The highest BCUT2D eigenvalue weighted by molar-refractivity contribution is 5.74. The van der Waals surface area contributed by atoms with E-state index in [1.165, 1.54) is 5.57 Å². The van der Waals surface area contributed by atoms with Crippen molar-refractivity contribution in [3.63, 3.8) is 0 Å². The monoisotopic (exact) mass is 400 g/mol. The number of hydrogen-bond donors (Lipinski definition) is 3. The van der Waals surface area contributed by atoms with Crippen LogP contribution < -0.4 is 5.32 Å². The average Bonchev–Trinajstić information content (AvgIpc) is 3.22. The lowest BCUT2D eigenvalue weighted by molar-refractivity contribution is 0.208. The lowest BCUT2D eigenvalue weighted by atomic mass is 9.83. The SMILES string of the molecule is CCCCCc1cc(O)c(C2C=C(C)CCC2)c(O)c1CNC(=O)N1CCCC1. The number of aryl methyl sites for hydroxylation is 1. The van der Waals surface area contributed by atoms with Crippen LogP contribution in [0.15, 0.2) is 17.7 Å². The molecule has 0 spiro atoms. The molecule has 3 rings (SSSR count). The first-order valence-corrected chi connectivity index (χ1v) is 11.3. The van der Waals surface area contributed by atoms with Gasteiger partial charge in [-0.15, -0.1) is 0 Å². The van der Waals surface area contributed by atoms with Crippen LogP contribution in [-0.4, -0.2) is 34.2 Å². The average molecular weight is 401 g/mol. The molecule has 1 fully saturated rings. The van der Waals surface area contributed by atoms with Gasteiger partial charge in [-0.05, 0) is 63.5 Å². The number of allylic oxidation sites excluding steroid dienone is 2. The number of carbonyl (C=O) groups is 1. The maximum absolute atomic E-state index is 12.5. The Morgan fingerprint density at radius 1 is 1.21 bits per heavy atom. The van der Waals surface area contributed by atoms with E-state index in [-0.39, 0.29) is 23.4 Å². The molecule has 5 nitrogen and oxygen atoms in total. The van der Waals surface area contributed by atoms with Gasteiger partial charge in [-0.25, -0.2) is 4.79 Å². The lowest BCUT2D eigenvalue weighted by Crippen LogP contribution is -2.37. The number of amides is 2. The maximum atomic E-state index is 12.5. The van der Waals surface area contributed by atoms with E-state index in [0.717, 1.165) is 82.0 Å². The molecule has 29 heavy (non-hydrogen) atoms. The van der Waals surface area contributed by atoms with Gasteiger partial charge in [-0.3, -0.25) is 0 Å². The van der Waals surface area contributed by atoms with Gasteiger partial charge < -0.3 is 20.4 Å². The molecule has 0 radical (unpaired) electrons. The molecule has 1 atom stereocenters. The first-order valence-electron chi connectivity index (χ1n) is 11.3. The molecule has 2 amide bonds. The summed E-state index contributed by atoms with van der Waals surface area (Å²) in [6.07, 6.45) is 11.4. The smallest absolute Gasteiger partial charge is 0.317 e. The number of urea groups is 1. The molecule has 160 valence electrons. The number of aromatic hydroxyl groups is 2. The van der Waals surface area contributed by atoms with Gasteiger partial charge in [-0.1, -0.05) is 31.4 Å². The van der Waals surface area contributed by atoms with Gasteiger partial charge in [0.1, 0.15) is 11.5 Å². The number of hydrogen-bond acceptors (Lipinski definition) is 3. The quantitative estimate of drug-likeness (QED) is 0.427. The minimum absolute atomic E-state index is 0.0291. The molecule has 1 unspecified atom stereocenters. The van der Waals surface area contributed by atoms with Gasteiger partial charge in [0, 0.05) is 36.7 Å². The fourth-order valence-corrected chi connectivity index (χ4v) is 4.65. The van der Waals surface area contributed by atoms with Crippen molar-refractivity contribution in [1.29, 1.82) is 0 Å². The first-order chi connectivity index (χ1) is 14.0. The summed E-state index contributed by atoms with van der Waals surface area (Å²) in [5.74, 6) is 0.371. The third-order valence-corrected chi connectivity index (χ3v) is 6.32. The number of nitrogens with zero attached hydrogens (tertiary/aromatic N) is 1. The number of likely N-dealkylation sites (tertiary alicyclic amines) is 1. The molecule has 5 heteroatoms. The number of carbonyl (C=O) groups excluding carboxylic acids is 1. The molecule has 2 aliphatic rings. The molecule has 1 aromatic carbocycles. The number of unbranched alkanes of at least 4 members (excludes halogenated alkanes) is 2. The second kappa shape index (κ2) is 10.0. The van der Waals surface area contributed by atoms with Crippen LogP contribution in [0.3, 0.4) is 0 Å². The number of phenolic OH excluding ortho intramolecular Hbond substituents is 2. The van der Waals surface area contributed by atoms with E-state index in [2.05, 4.69) is 25.2 Å². The molecule has 1 aliphatic heterocycles. The van der Waals surface area contributed by atoms with Crippen molar-refractivity contribution in [3.05, 3.63) is 34.4 Å². The number of rotatable bonds is 7. The predicted molar refractivity (Wildman–Crippen MR) is 116 cm³/mol. The summed E-state index contributed by atoms with van der Waals surface area (Å²) in [6.45, 7) is 6.16. The Morgan fingerprint density at radius 3 is 2.66 bits per heavy atom. The molecule has 1 saturated heterocycles. The van der Waals surface area contributed by atoms with Crippen molar-refractivity contribution >= 4 is 6.03 Å². The Morgan fingerprint density at radius 2 is 1.97 bits per heavy atom. The normalized spacial score (nSPS) is 19.3. The maximum Gasteiger partial charge on any atom is 0.317 e. The zero-order valence-corrected chi connectivity index (χ0v) is 18.0. The zero-order chi connectivity index (χ0) is 20.8. The van der Waals surface area contributed by atoms with Gasteiger partial charge in [0.15, 0.2) is 0 Å². The van der Waals surface area contributed by atoms with Crippen LogP contribution in [0.1, 0.15) is 87.8 Å². The third kappa shape index (κ3) is 5.26. The summed E-state index contributed by atoms with van der Waals surface area (Å²) >= 11 is 0. The van der Waals surface area contributed by atoms with Crippen LogP contribution in [-0.2, 0) is 13.0 Å². The van der Waals surface area contributed by atoms with E-state index < -0.39 is 0 Å². The molecule has 1 aromatic rings. The van der Waals surface area contributed by atoms with E-state index in [4.69, 9.17) is 0 Å². The van der Waals surface area contributed by atoms with Crippen LogP contribution in [0.4, 0.5) is 4.79 Å². The number of benzene rings is 1. The fraction of sp³-hybridized carbons (Fsp3) is 0.625. The van der Waals surface area contributed by atoms with E-state index in [1.807, 2.05) is 11.0 Å². The second-order valence-corrected chi connectivity index (χ2v) is 8.62. The van der Waals surface area contributed by atoms with Crippen molar-refractivity contribution in [1.82, 2.24) is 10.2 Å². The third-order valence-electron chi connectivity index (χ3n) is 6.32. The molecule has 0 saturated carbocycles. The van der Waals surface area contributed by atoms with Gasteiger partial charge in [0.25, 0.3) is 0 Å². The molecular formula is C24H36N2O3. The number of phenols is 2. The summed E-state index contributed by atoms with van der Waals surface area (Å²) in [5.41, 5.74) is 3.62. The summed E-state index contributed by atoms with van der Waals surface area (Å²) in [6, 6.07) is 1.75. The van der Waals surface area contributed by atoms with Crippen molar-refractivity contribution in [2.75, 3.05) is 13.1 Å². The number of nitrogens with one attached hydrogen (secondary N) is 1. The zero-order valence-electron chi connectivity index (χ0n) is 18.0. The van der Waals surface area contributed by atoms with E-state index >= 15 is 0 Å². The molecule has 1 heterocycles. The van der Waals surface area contributed by atoms with Crippen LogP contribution in [0.5, 0.6) is 11.5 Å². The van der Waals surface area contributed by atoms with Crippen LogP contribution in [0, 0.1) is 0 Å². The topological polar surface area (TPSA) is 72.8 Å². The highest BCUT2D eigenvalue weighted by Crippen LogP contribution is 2.44. The van der Waals surface area contributed by atoms with Gasteiger partial charge >= 0.3 is 6.03 Å². The van der Waals surface area contributed by atoms with Gasteiger partial charge in [-0.2, -0.15) is 0 Å². The summed E-state index contributed by atoms with van der Waals surface area (Å²) in [7, 11) is 0. The fourth-order valence-electron chi connectivity index (χ4n) is 4.65. The van der Waals surface area contributed by atoms with E-state index in [0.29, 0.717) is 12.1 Å². The highest BCUT2D eigenvalue weighted by atomic mass is 16.3. The van der Waals surface area contributed by atoms with Crippen molar-refractivity contribution < 1.29 is 15.0 Å². The van der Waals surface area contributed by atoms with Crippen LogP contribution >= 0.6 is 0 Å². The minimum Gasteiger partial charge on any atom is -0.507 e. The molecule has 0 bridgehead atoms. The Balaban J connectivity index is 1.87. The molecular weight excluding hydrogens is 364 g/mol. The molecule has 1 aliphatic carbocycles. The van der Waals surface area contributed by atoms with Crippen molar-refractivity contribution in [3.8, 4) is 11.5 Å². The van der Waals surface area contributed by atoms with E-state index in [9.17, 15) is 15.0 Å². The minimum atomic E-state index is -0.0653. The second-order valence-electron chi connectivity index (χ2n) is 8.62. The van der Waals surface area contributed by atoms with Gasteiger partial charge in [0.05, 0.1) is 0 Å². The van der Waals surface area contributed by atoms with Gasteiger partial charge in [0.2, 0.25) is 0 Å². The Labute approximate surface area is 174 Å². The summed E-state index contributed by atoms with van der Waals surface area (Å²) in [5, 5.41) is 24.9. The molecule has 3 N–H and O–H groups in total. The predicted octanol–water partition coefficient (Wildman–Crippen LogP) is 5.35. The van der Waals surface area contributed by atoms with Crippen molar-refractivity contribution in [2.24, 2.45) is 0 Å². The van der Waals surface area contributed by atoms with Crippen molar-refractivity contribution in [2.45, 2.75) is 84.1 Å². The largest absolute Gasteiger partial charge is 0.507 e. The van der Waals surface area contributed by atoms with E-state index in [1.54, 1.807) is 0 Å². The molecule has 0 aromatic heterocycles. The first kappa shape index (κ1) is 21.5. The Bertz CT molecular complexity index is 751. The summed E-state index contributed by atoms with van der Waals surface area (Å²) in [4.78, 5) is 14.3.